The van der Waals surface area contributed by atoms with Crippen LogP contribution in [0.1, 0.15) is 17.2 Å². The first kappa shape index (κ1) is 15.4. The quantitative estimate of drug-likeness (QED) is 0.522. The molecule has 0 aliphatic rings. The van der Waals surface area contributed by atoms with E-state index in [1.807, 2.05) is 30.3 Å². The number of hydrogen-bond donors (Lipinski definition) is 1. The van der Waals surface area contributed by atoms with Crippen molar-refractivity contribution in [3.8, 4) is 0 Å². The van der Waals surface area contributed by atoms with Crippen LogP contribution in [0.3, 0.4) is 0 Å². The Hall–Kier alpha value is -3.02. The Balaban J connectivity index is 1.98. The lowest BCUT2D eigenvalue weighted by Gasteiger charge is -2.15. The van der Waals surface area contributed by atoms with E-state index < -0.39 is 17.0 Å². The summed E-state index contributed by atoms with van der Waals surface area (Å²) in [6, 6.07) is 17.0. The van der Waals surface area contributed by atoms with Crippen LogP contribution >= 0.6 is 0 Å². The molecule has 1 amide bonds. The molecule has 6 nitrogen and oxygen atoms in total. The van der Waals surface area contributed by atoms with Crippen LogP contribution in [0.4, 0.5) is 4.79 Å². The summed E-state index contributed by atoms with van der Waals surface area (Å²) in [6.07, 6.45) is 0.106. The predicted molar refractivity (Wildman–Crippen MR) is 82.0 cm³/mol. The van der Waals surface area contributed by atoms with Gasteiger partial charge in [-0.3, -0.25) is 0 Å². The lowest BCUT2D eigenvalue weighted by atomic mass is 10.1. The van der Waals surface area contributed by atoms with Gasteiger partial charge in [0.1, 0.15) is 12.6 Å². The van der Waals surface area contributed by atoms with Gasteiger partial charge in [-0.15, -0.1) is 0 Å². The summed E-state index contributed by atoms with van der Waals surface area (Å²) in [4.78, 5) is 11.2. The number of nitrogens with zero attached hydrogens (tertiary/aromatic N) is 1. The number of rotatable bonds is 5. The number of alkyl carbamates (subject to hydrolysis) is 1. The molecular formula is C16H15N2O4-. The molecule has 0 aliphatic carbocycles. The van der Waals surface area contributed by atoms with E-state index in [4.69, 9.17) is 4.74 Å². The molecule has 6 heteroatoms. The number of ether oxygens (including phenoxy) is 1. The number of carbonyl (C=O) groups is 1. The van der Waals surface area contributed by atoms with Gasteiger partial charge in [-0.05, 0) is 11.1 Å². The summed E-state index contributed by atoms with van der Waals surface area (Å²) in [6.45, 7) is 0.104. The Morgan fingerprint density at radius 2 is 1.68 bits per heavy atom. The van der Waals surface area contributed by atoms with Crippen LogP contribution in [0.25, 0.3) is 0 Å². The van der Waals surface area contributed by atoms with E-state index in [0.29, 0.717) is 5.56 Å². The average Bonchev–Trinajstić information content (AvgIpc) is 2.54. The highest BCUT2D eigenvalue weighted by molar-refractivity contribution is 5.74. The Bertz CT molecular complexity index is 625. The lowest BCUT2D eigenvalue weighted by molar-refractivity contribution is -0.375. The number of carbonyl (C=O) groups excluding carboxylic acids is 1. The van der Waals surface area contributed by atoms with Crippen molar-refractivity contribution in [2.45, 2.75) is 12.6 Å². The summed E-state index contributed by atoms with van der Waals surface area (Å²) >= 11 is 0. The maximum absolute atomic E-state index is 11.8. The highest BCUT2D eigenvalue weighted by atomic mass is 16.8. The number of amides is 1. The van der Waals surface area contributed by atoms with Gasteiger partial charge >= 0.3 is 6.09 Å². The van der Waals surface area contributed by atoms with Crippen molar-refractivity contribution in [1.82, 2.24) is 5.32 Å². The molecule has 2 aromatic rings. The molecule has 0 bridgehead atoms. The third-order valence-corrected chi connectivity index (χ3v) is 2.92. The van der Waals surface area contributed by atoms with Crippen LogP contribution in [0, 0.1) is 10.4 Å². The van der Waals surface area contributed by atoms with E-state index in [0.717, 1.165) is 11.8 Å². The van der Waals surface area contributed by atoms with Gasteiger partial charge in [0.25, 0.3) is 0 Å². The van der Waals surface area contributed by atoms with Crippen molar-refractivity contribution in [3.63, 3.8) is 0 Å². The van der Waals surface area contributed by atoms with E-state index in [1.165, 1.54) is 0 Å². The Morgan fingerprint density at radius 1 is 1.09 bits per heavy atom. The van der Waals surface area contributed by atoms with Gasteiger partial charge in [-0.2, -0.15) is 4.90 Å². The molecular weight excluding hydrogens is 284 g/mol. The van der Waals surface area contributed by atoms with E-state index in [1.54, 1.807) is 30.3 Å². The van der Waals surface area contributed by atoms with Crippen molar-refractivity contribution in [1.29, 1.82) is 0 Å². The van der Waals surface area contributed by atoms with Crippen molar-refractivity contribution < 1.29 is 14.4 Å². The predicted octanol–water partition coefficient (Wildman–Crippen LogP) is 2.73. The number of hydrogen-bond acceptors (Lipinski definition) is 4. The standard InChI is InChI=1S/C16H15N2O4/c19-16(22-12-13-7-3-1-4-8-13)17-15(11-18(20)21)14-9-5-2-6-10-14/h1-11,15H,12H2,(H-,17,19,20,21)/q-1. The Morgan fingerprint density at radius 3 is 2.27 bits per heavy atom. The molecule has 1 N–H and O–H groups in total. The molecule has 0 aliphatic heterocycles. The summed E-state index contributed by atoms with van der Waals surface area (Å²) in [5.41, 5.74) is 1.45. The third kappa shape index (κ3) is 4.82. The minimum atomic E-state index is -0.848. The fourth-order valence-corrected chi connectivity index (χ4v) is 1.88. The minimum Gasteiger partial charge on any atom is -0.613 e. The summed E-state index contributed by atoms with van der Waals surface area (Å²) in [7, 11) is 0. The topological polar surface area (TPSA) is 87.5 Å². The normalized spacial score (nSPS) is 11.3. The molecule has 2 rings (SSSR count). The van der Waals surface area contributed by atoms with Gasteiger partial charge in [0, 0.05) is 0 Å². The van der Waals surface area contributed by atoms with Crippen molar-refractivity contribution >= 4 is 12.3 Å². The molecule has 0 aromatic heterocycles. The van der Waals surface area contributed by atoms with Crippen molar-refractivity contribution in [3.05, 3.63) is 82.2 Å². The van der Waals surface area contributed by atoms with Crippen LogP contribution in [-0.4, -0.2) is 17.2 Å². The van der Waals surface area contributed by atoms with E-state index in [2.05, 4.69) is 5.32 Å². The minimum absolute atomic E-state index is 0.104. The molecule has 0 radical (unpaired) electrons. The molecule has 1 atom stereocenters. The van der Waals surface area contributed by atoms with E-state index in [9.17, 15) is 15.2 Å². The summed E-state index contributed by atoms with van der Waals surface area (Å²) in [5.74, 6) is 0. The second kappa shape index (κ2) is 7.68. The fraction of sp³-hybridized carbons (Fsp3) is 0.125. The van der Waals surface area contributed by atoms with Crippen LogP contribution in [0.2, 0.25) is 0 Å². The van der Waals surface area contributed by atoms with Crippen LogP contribution in [-0.2, 0) is 11.3 Å². The molecule has 0 saturated carbocycles. The second-order valence-electron chi connectivity index (χ2n) is 4.53. The smallest absolute Gasteiger partial charge is 0.408 e. The lowest BCUT2D eigenvalue weighted by Crippen LogP contribution is -2.31. The average molecular weight is 299 g/mol. The molecule has 22 heavy (non-hydrogen) atoms. The molecule has 1 unspecified atom stereocenters. The maximum atomic E-state index is 11.8. The highest BCUT2D eigenvalue weighted by Crippen LogP contribution is 2.11. The second-order valence-corrected chi connectivity index (χ2v) is 4.53. The molecule has 2 aromatic carbocycles. The van der Waals surface area contributed by atoms with Gasteiger partial charge in [0.2, 0.25) is 0 Å². The van der Waals surface area contributed by atoms with Crippen LogP contribution in [0.15, 0.2) is 60.7 Å². The van der Waals surface area contributed by atoms with Crippen LogP contribution in [0.5, 0.6) is 0 Å². The van der Waals surface area contributed by atoms with E-state index in [-0.39, 0.29) is 6.61 Å². The number of benzene rings is 2. The zero-order valence-corrected chi connectivity index (χ0v) is 11.7. The fourth-order valence-electron chi connectivity index (χ4n) is 1.88. The molecule has 0 fully saturated rings. The zero-order chi connectivity index (χ0) is 15.8. The van der Waals surface area contributed by atoms with Gasteiger partial charge in [-0.25, -0.2) is 4.79 Å². The monoisotopic (exact) mass is 299 g/mol. The van der Waals surface area contributed by atoms with Gasteiger partial charge < -0.3 is 20.5 Å². The molecule has 114 valence electrons. The summed E-state index contributed by atoms with van der Waals surface area (Å²) < 4.78 is 5.07. The zero-order valence-electron chi connectivity index (χ0n) is 11.7. The maximum Gasteiger partial charge on any atom is 0.408 e. The van der Waals surface area contributed by atoms with Gasteiger partial charge in [0.15, 0.2) is 6.21 Å². The molecule has 0 spiro atoms. The van der Waals surface area contributed by atoms with Gasteiger partial charge in [-0.1, -0.05) is 60.7 Å². The van der Waals surface area contributed by atoms with E-state index >= 15 is 0 Å². The largest absolute Gasteiger partial charge is 0.613 e. The van der Waals surface area contributed by atoms with Crippen LogP contribution < -0.4 is 5.32 Å². The Kier molecular flexibility index (Phi) is 5.37. The third-order valence-electron chi connectivity index (χ3n) is 2.92. The van der Waals surface area contributed by atoms with Crippen molar-refractivity contribution in [2.75, 3.05) is 0 Å². The summed E-state index contributed by atoms with van der Waals surface area (Å²) in [5, 5.41) is 23.9. The first-order valence-corrected chi connectivity index (χ1v) is 6.66. The first-order valence-electron chi connectivity index (χ1n) is 6.66. The SMILES string of the molecule is O=C(NC(C=[N+]([O-])[O-])c1ccccc1)OCc1ccccc1. The molecule has 0 saturated heterocycles. The Labute approximate surface area is 127 Å². The van der Waals surface area contributed by atoms with Crippen molar-refractivity contribution in [2.24, 2.45) is 0 Å². The van der Waals surface area contributed by atoms with Gasteiger partial charge in [0.05, 0.1) is 0 Å². The molecule has 0 heterocycles. The highest BCUT2D eigenvalue weighted by Gasteiger charge is 2.16. The first-order chi connectivity index (χ1) is 10.6. The number of nitrogens with one attached hydrogen (secondary N) is 1.